The molecule has 3 aliphatic heterocycles. The molecule has 3 fully saturated rings. The highest BCUT2D eigenvalue weighted by molar-refractivity contribution is 6.43. The van der Waals surface area contributed by atoms with Crippen molar-refractivity contribution in [2.24, 2.45) is 0 Å². The standard InChI is InChI=1S/3C21H24Cl2N2O/c3*1-24(21(26)14-16-9-10-18(22)19(23)13-16)20(15-25-11-5-6-12-25)17-7-3-2-4-8-17/h3*2-4,7-10,13,20H,5-6,11-12,14-15H2,1H3/t3*20-/m111/s1. The maximum absolute atomic E-state index is 12.9. The van der Waals surface area contributed by atoms with E-state index in [2.05, 4.69) is 51.1 Å². The first kappa shape index (κ1) is 61.0. The normalized spacial score (nSPS) is 15.8. The Labute approximate surface area is 492 Å². The lowest BCUT2D eigenvalue weighted by Crippen LogP contribution is -2.39. The summed E-state index contributed by atoms with van der Waals surface area (Å²) >= 11 is 36.2. The number of halogens is 6. The highest BCUT2D eigenvalue weighted by atomic mass is 35.5. The minimum Gasteiger partial charge on any atom is -0.337 e. The number of rotatable bonds is 18. The topological polar surface area (TPSA) is 70.7 Å². The fourth-order valence-corrected chi connectivity index (χ4v) is 11.3. The molecule has 3 atom stereocenters. The van der Waals surface area contributed by atoms with E-state index in [1.54, 1.807) is 36.4 Å². The summed E-state index contributed by atoms with van der Waals surface area (Å²) in [6, 6.07) is 47.1. The molecule has 414 valence electrons. The molecule has 15 heteroatoms. The zero-order valence-electron chi connectivity index (χ0n) is 45.0. The van der Waals surface area contributed by atoms with Gasteiger partial charge in [-0.2, -0.15) is 0 Å². The molecular weight excluding hydrogens is 1100 g/mol. The molecule has 3 aliphatic rings. The SMILES string of the molecule is CN(C(=O)Cc1ccc(Cl)c(Cl)c1)[C@H](CN1CCCC1)c1ccccc1.CN(C(=O)Cc1ccc(Cl)c(Cl)c1)[C@H](CN1CCCC1)c1ccccc1.CN(C(=O)Cc1ccc(Cl)c(Cl)c1)[C@H](CN1CCCC1)c1ccccc1. The number of likely N-dealkylation sites (N-methyl/N-ethyl adjacent to an activating group) is 3. The van der Waals surface area contributed by atoms with Crippen molar-refractivity contribution in [1.82, 2.24) is 29.4 Å². The second-order valence-electron chi connectivity index (χ2n) is 20.6. The third-order valence-corrected chi connectivity index (χ3v) is 17.3. The number of likely N-dealkylation sites (tertiary alicyclic amines) is 3. The number of nitrogens with zero attached hydrogens (tertiary/aromatic N) is 6. The Balaban J connectivity index is 0.000000170. The molecule has 3 amide bonds. The number of carbonyl (C=O) groups excluding carboxylic acids is 3. The van der Waals surface area contributed by atoms with Crippen molar-refractivity contribution in [3.8, 4) is 0 Å². The molecule has 0 spiro atoms. The zero-order valence-corrected chi connectivity index (χ0v) is 49.5. The lowest BCUT2D eigenvalue weighted by atomic mass is 10.0. The highest BCUT2D eigenvalue weighted by Gasteiger charge is 2.29. The Bertz CT molecular complexity index is 2540. The van der Waals surface area contributed by atoms with Gasteiger partial charge in [-0.1, -0.05) is 179 Å². The van der Waals surface area contributed by atoms with Crippen LogP contribution in [-0.4, -0.2) is 127 Å². The number of amides is 3. The number of hydrogen-bond donors (Lipinski definition) is 0. The first-order valence-corrected chi connectivity index (χ1v) is 29.3. The summed E-state index contributed by atoms with van der Waals surface area (Å²) in [5, 5.41) is 2.97. The molecule has 9 nitrogen and oxygen atoms in total. The van der Waals surface area contributed by atoms with Crippen LogP contribution in [0.3, 0.4) is 0 Å². The lowest BCUT2D eigenvalue weighted by molar-refractivity contribution is -0.132. The molecule has 0 bridgehead atoms. The molecule has 0 saturated carbocycles. The first-order valence-electron chi connectivity index (χ1n) is 27.0. The smallest absolute Gasteiger partial charge is 0.227 e. The summed E-state index contributed by atoms with van der Waals surface area (Å²) in [5.74, 6) is 0.240. The number of carbonyl (C=O) groups is 3. The summed E-state index contributed by atoms with van der Waals surface area (Å²) in [6.07, 6.45) is 8.38. The van der Waals surface area contributed by atoms with Gasteiger partial charge in [-0.25, -0.2) is 0 Å². The monoisotopic (exact) mass is 1170 g/mol. The van der Waals surface area contributed by atoms with E-state index in [1.165, 1.54) is 55.2 Å². The quantitative estimate of drug-likeness (QED) is 0.0854. The minimum atomic E-state index is 0.0459. The molecule has 0 N–H and O–H groups in total. The van der Waals surface area contributed by atoms with Gasteiger partial charge in [-0.15, -0.1) is 0 Å². The number of hydrogen-bond acceptors (Lipinski definition) is 6. The van der Waals surface area contributed by atoms with Crippen LogP contribution in [0.2, 0.25) is 30.1 Å². The van der Waals surface area contributed by atoms with Crippen LogP contribution < -0.4 is 0 Å². The zero-order chi connectivity index (χ0) is 55.6. The van der Waals surface area contributed by atoms with E-state index in [0.29, 0.717) is 49.4 Å². The van der Waals surface area contributed by atoms with Gasteiger partial charge in [-0.3, -0.25) is 14.4 Å². The van der Waals surface area contributed by atoms with E-state index in [1.807, 2.05) is 109 Å². The largest absolute Gasteiger partial charge is 0.337 e. The molecule has 6 aromatic carbocycles. The first-order chi connectivity index (χ1) is 37.6. The predicted octanol–water partition coefficient (Wildman–Crippen LogP) is 14.5. The maximum Gasteiger partial charge on any atom is 0.227 e. The van der Waals surface area contributed by atoms with Gasteiger partial charge >= 0.3 is 0 Å². The Kier molecular flexibility index (Phi) is 24.1. The Morgan fingerprint density at radius 2 is 0.590 bits per heavy atom. The molecule has 0 aliphatic carbocycles. The second kappa shape index (κ2) is 30.8. The van der Waals surface area contributed by atoms with Crippen LogP contribution in [-0.2, 0) is 33.6 Å². The van der Waals surface area contributed by atoms with E-state index in [4.69, 9.17) is 69.6 Å². The van der Waals surface area contributed by atoms with Crippen LogP contribution in [0.15, 0.2) is 146 Å². The van der Waals surface area contributed by atoms with Crippen LogP contribution in [0.25, 0.3) is 0 Å². The van der Waals surface area contributed by atoms with Crippen LogP contribution in [0.4, 0.5) is 0 Å². The highest BCUT2D eigenvalue weighted by Crippen LogP contribution is 2.30. The van der Waals surface area contributed by atoms with Gasteiger partial charge in [0.2, 0.25) is 17.7 Å². The van der Waals surface area contributed by atoms with Crippen LogP contribution in [0.5, 0.6) is 0 Å². The van der Waals surface area contributed by atoms with Gasteiger partial charge in [-0.05, 0) is 148 Å². The maximum atomic E-state index is 12.9. The van der Waals surface area contributed by atoms with Crippen molar-refractivity contribution in [2.75, 3.05) is 80.0 Å². The average Bonchev–Trinajstić information content (AvgIpc) is 4.29. The third kappa shape index (κ3) is 18.2. The van der Waals surface area contributed by atoms with Gasteiger partial charge in [0.1, 0.15) is 0 Å². The summed E-state index contributed by atoms with van der Waals surface area (Å²) < 4.78 is 0. The second-order valence-corrected chi connectivity index (χ2v) is 23.0. The van der Waals surface area contributed by atoms with E-state index in [-0.39, 0.29) is 35.8 Å². The molecule has 3 heterocycles. The molecule has 0 unspecified atom stereocenters. The Morgan fingerprint density at radius 1 is 0.359 bits per heavy atom. The molecule has 0 radical (unpaired) electrons. The van der Waals surface area contributed by atoms with Gasteiger partial charge in [0, 0.05) is 40.8 Å². The van der Waals surface area contributed by atoms with Crippen molar-refractivity contribution in [2.45, 2.75) is 75.9 Å². The van der Waals surface area contributed by atoms with Crippen LogP contribution in [0.1, 0.15) is 90.0 Å². The van der Waals surface area contributed by atoms with Crippen LogP contribution in [0, 0.1) is 0 Å². The van der Waals surface area contributed by atoms with Crippen molar-refractivity contribution in [1.29, 1.82) is 0 Å². The van der Waals surface area contributed by atoms with Crippen molar-refractivity contribution in [3.63, 3.8) is 0 Å². The molecule has 3 saturated heterocycles. The Morgan fingerprint density at radius 3 is 0.808 bits per heavy atom. The fraction of sp³-hybridized carbons (Fsp3) is 0.381. The summed E-state index contributed by atoms with van der Waals surface area (Å²) in [6.45, 7) is 9.26. The molecule has 0 aromatic heterocycles. The summed E-state index contributed by atoms with van der Waals surface area (Å²) in [4.78, 5) is 51.7. The van der Waals surface area contributed by atoms with E-state index in [9.17, 15) is 14.4 Å². The Hall–Kier alpha value is -4.65. The van der Waals surface area contributed by atoms with Gasteiger partial charge in [0.05, 0.1) is 67.5 Å². The van der Waals surface area contributed by atoms with Crippen molar-refractivity contribution >= 4 is 87.3 Å². The van der Waals surface area contributed by atoms with Gasteiger partial charge in [0.15, 0.2) is 0 Å². The minimum absolute atomic E-state index is 0.0459. The fourth-order valence-electron chi connectivity index (χ4n) is 10.4. The number of benzene rings is 6. The molecule has 78 heavy (non-hydrogen) atoms. The van der Waals surface area contributed by atoms with E-state index >= 15 is 0 Å². The van der Waals surface area contributed by atoms with Crippen molar-refractivity contribution < 1.29 is 14.4 Å². The van der Waals surface area contributed by atoms with E-state index in [0.717, 1.165) is 75.6 Å². The third-order valence-electron chi connectivity index (χ3n) is 15.0. The van der Waals surface area contributed by atoms with Crippen LogP contribution >= 0.6 is 69.6 Å². The summed E-state index contributed by atoms with van der Waals surface area (Å²) in [5.41, 5.74) is 6.15. The molecular formula is C63H72Cl6N6O3. The molecule has 9 rings (SSSR count). The summed E-state index contributed by atoms with van der Waals surface area (Å²) in [7, 11) is 5.69. The molecule has 6 aromatic rings. The predicted molar refractivity (Wildman–Crippen MR) is 323 cm³/mol. The van der Waals surface area contributed by atoms with Gasteiger partial charge < -0.3 is 29.4 Å². The van der Waals surface area contributed by atoms with Gasteiger partial charge in [0.25, 0.3) is 0 Å². The average molecular weight is 1170 g/mol. The van der Waals surface area contributed by atoms with E-state index < -0.39 is 0 Å². The van der Waals surface area contributed by atoms with Crippen molar-refractivity contribution in [3.05, 3.63) is 209 Å². The lowest BCUT2D eigenvalue weighted by Gasteiger charge is -2.32.